The first kappa shape index (κ1) is 27.1. The number of nitrogens with zero attached hydrogens (tertiary/aromatic N) is 4. The van der Waals surface area contributed by atoms with E-state index in [1.807, 2.05) is 68.9 Å². The average molecular weight is 477 g/mol. The van der Waals surface area contributed by atoms with Gasteiger partial charge in [-0.05, 0) is 44.0 Å². The smallest absolute Gasteiger partial charge is 0.228 e. The molecular weight excluding hydrogens is 436 g/mol. The van der Waals surface area contributed by atoms with E-state index >= 15 is 0 Å². The van der Waals surface area contributed by atoms with Gasteiger partial charge in [0.2, 0.25) is 20.9 Å². The maximum Gasteiger partial charge on any atom is 0.228 e. The molecule has 0 aliphatic carbocycles. The first-order valence-electron chi connectivity index (χ1n) is 11.6. The summed E-state index contributed by atoms with van der Waals surface area (Å²) in [5.74, 6) is 0.468. The summed E-state index contributed by atoms with van der Waals surface area (Å²) in [6, 6.07) is 7.52. The van der Waals surface area contributed by atoms with Crippen molar-refractivity contribution < 1.29 is 13.2 Å². The van der Waals surface area contributed by atoms with E-state index in [0.29, 0.717) is 26.1 Å². The number of rotatable bonds is 12. The Kier molecular flexibility index (Phi) is 9.67. The van der Waals surface area contributed by atoms with Crippen LogP contribution in [0, 0.1) is 18.8 Å². The van der Waals surface area contributed by atoms with E-state index in [1.165, 1.54) is 0 Å². The van der Waals surface area contributed by atoms with Gasteiger partial charge < -0.3 is 14.4 Å². The molecule has 0 aliphatic rings. The van der Waals surface area contributed by atoms with E-state index in [9.17, 15) is 13.2 Å². The van der Waals surface area contributed by atoms with Crippen molar-refractivity contribution in [3.05, 3.63) is 47.3 Å². The first-order chi connectivity index (χ1) is 15.4. The van der Waals surface area contributed by atoms with Gasteiger partial charge >= 0.3 is 0 Å². The quantitative estimate of drug-likeness (QED) is 0.466. The molecule has 2 aromatic rings. The lowest BCUT2D eigenvalue weighted by Crippen LogP contribution is -2.37. The Morgan fingerprint density at radius 2 is 1.73 bits per heavy atom. The maximum atomic E-state index is 13.4. The largest absolute Gasteiger partial charge is 0.336 e. The summed E-state index contributed by atoms with van der Waals surface area (Å²) in [5.41, 5.74) is 2.47. The Hall–Kier alpha value is -2.19. The summed E-state index contributed by atoms with van der Waals surface area (Å²) in [4.78, 5) is 21.2. The molecule has 0 spiro atoms. The normalized spacial score (nSPS) is 12.2. The zero-order chi connectivity index (χ0) is 24.8. The summed E-state index contributed by atoms with van der Waals surface area (Å²) >= 11 is 0. The van der Waals surface area contributed by atoms with Crippen LogP contribution in [0.2, 0.25) is 0 Å². The molecule has 8 heteroatoms. The molecule has 184 valence electrons. The summed E-state index contributed by atoms with van der Waals surface area (Å²) in [7, 11) is 0.301. The topological polar surface area (TPSA) is 75.5 Å². The van der Waals surface area contributed by atoms with E-state index in [1.54, 1.807) is 10.8 Å². The lowest BCUT2D eigenvalue weighted by atomic mass is 10.1. The standard InChI is InChI=1S/C25H40N4O3S/c1-19(2)14-24(30)28(13-12-27(6)7)17-23-15-26-25(29(23)16-20(3)4)33(31,32)18-22-11-9-8-10-21(22)5/h8-11,15,19-20H,12-14,16-18H2,1-7H3. The van der Waals surface area contributed by atoms with Gasteiger partial charge in [-0.1, -0.05) is 52.0 Å². The monoisotopic (exact) mass is 476 g/mol. The molecule has 0 aliphatic heterocycles. The van der Waals surface area contributed by atoms with Crippen molar-refractivity contribution in [3.63, 3.8) is 0 Å². The fourth-order valence-electron chi connectivity index (χ4n) is 3.65. The molecule has 0 saturated heterocycles. The number of sulfone groups is 1. The zero-order valence-corrected chi connectivity index (χ0v) is 22.0. The second-order valence-corrected chi connectivity index (χ2v) is 11.8. The highest BCUT2D eigenvalue weighted by atomic mass is 32.2. The van der Waals surface area contributed by atoms with Crippen molar-refractivity contribution in [1.82, 2.24) is 19.4 Å². The summed E-state index contributed by atoms with van der Waals surface area (Å²) < 4.78 is 28.6. The summed E-state index contributed by atoms with van der Waals surface area (Å²) in [6.07, 6.45) is 2.09. The Bertz CT molecular complexity index is 1030. The Morgan fingerprint density at radius 3 is 2.30 bits per heavy atom. The highest BCUT2D eigenvalue weighted by molar-refractivity contribution is 7.90. The fourth-order valence-corrected chi connectivity index (χ4v) is 5.26. The van der Waals surface area contributed by atoms with Gasteiger partial charge in [0, 0.05) is 26.1 Å². The number of hydrogen-bond donors (Lipinski definition) is 0. The number of likely N-dealkylation sites (N-methyl/N-ethyl adjacent to an activating group) is 1. The van der Waals surface area contributed by atoms with Crippen molar-refractivity contribution in [2.24, 2.45) is 11.8 Å². The molecule has 33 heavy (non-hydrogen) atoms. The lowest BCUT2D eigenvalue weighted by molar-refractivity contribution is -0.132. The van der Waals surface area contributed by atoms with E-state index in [0.717, 1.165) is 23.4 Å². The number of benzene rings is 1. The van der Waals surface area contributed by atoms with Crippen molar-refractivity contribution in [2.75, 3.05) is 27.2 Å². The predicted molar refractivity (Wildman–Crippen MR) is 133 cm³/mol. The van der Waals surface area contributed by atoms with Crippen LogP contribution in [0.15, 0.2) is 35.6 Å². The van der Waals surface area contributed by atoms with Crippen LogP contribution in [0.4, 0.5) is 0 Å². The molecular formula is C25H40N4O3S. The second-order valence-electron chi connectivity index (χ2n) is 9.94. The average Bonchev–Trinajstić information content (AvgIpc) is 3.08. The molecule has 0 radical (unpaired) electrons. The van der Waals surface area contributed by atoms with Crippen LogP contribution in [0.5, 0.6) is 0 Å². The van der Waals surface area contributed by atoms with E-state index in [-0.39, 0.29) is 28.7 Å². The van der Waals surface area contributed by atoms with Crippen LogP contribution in [-0.4, -0.2) is 60.9 Å². The minimum absolute atomic E-state index is 0.0773. The van der Waals surface area contributed by atoms with Crippen LogP contribution in [-0.2, 0) is 33.5 Å². The van der Waals surface area contributed by atoms with Gasteiger partial charge in [0.05, 0.1) is 24.2 Å². The predicted octanol–water partition coefficient (Wildman–Crippen LogP) is 3.76. The number of aromatic nitrogens is 2. The van der Waals surface area contributed by atoms with E-state index < -0.39 is 9.84 Å². The number of carbonyl (C=O) groups excluding carboxylic acids is 1. The Morgan fingerprint density at radius 1 is 1.06 bits per heavy atom. The Labute approximate surface area is 199 Å². The first-order valence-corrected chi connectivity index (χ1v) is 13.3. The molecule has 0 atom stereocenters. The van der Waals surface area contributed by atoms with Gasteiger partial charge in [-0.15, -0.1) is 0 Å². The van der Waals surface area contributed by atoms with Crippen LogP contribution in [0.3, 0.4) is 0 Å². The van der Waals surface area contributed by atoms with Gasteiger partial charge in [0.25, 0.3) is 0 Å². The van der Waals surface area contributed by atoms with Crippen molar-refractivity contribution in [1.29, 1.82) is 0 Å². The van der Waals surface area contributed by atoms with E-state index in [4.69, 9.17) is 0 Å². The third kappa shape index (κ3) is 7.96. The molecule has 7 nitrogen and oxygen atoms in total. The minimum Gasteiger partial charge on any atom is -0.336 e. The number of aryl methyl sites for hydroxylation is 1. The van der Waals surface area contributed by atoms with Gasteiger partial charge in [-0.25, -0.2) is 13.4 Å². The molecule has 1 aromatic carbocycles. The minimum atomic E-state index is -3.65. The maximum absolute atomic E-state index is 13.4. The van der Waals surface area contributed by atoms with Crippen LogP contribution in [0.1, 0.15) is 50.9 Å². The number of amides is 1. The molecule has 0 bridgehead atoms. The molecule has 1 amide bonds. The summed E-state index contributed by atoms with van der Waals surface area (Å²) in [6.45, 7) is 12.3. The van der Waals surface area contributed by atoms with Crippen LogP contribution < -0.4 is 0 Å². The fraction of sp³-hybridized carbons (Fsp3) is 0.600. The summed E-state index contributed by atoms with van der Waals surface area (Å²) in [5, 5.41) is 0.0818. The molecule has 0 saturated carbocycles. The number of imidazole rings is 1. The number of carbonyl (C=O) groups is 1. The highest BCUT2D eigenvalue weighted by Gasteiger charge is 2.26. The second kappa shape index (κ2) is 11.8. The molecule has 2 rings (SSSR count). The number of hydrogen-bond acceptors (Lipinski definition) is 5. The highest BCUT2D eigenvalue weighted by Crippen LogP contribution is 2.22. The SMILES string of the molecule is Cc1ccccc1CS(=O)(=O)c1ncc(CN(CCN(C)C)C(=O)CC(C)C)n1CC(C)C. The lowest BCUT2D eigenvalue weighted by Gasteiger charge is -2.26. The molecule has 0 unspecified atom stereocenters. The van der Waals surface area contributed by atoms with Gasteiger partial charge in [-0.3, -0.25) is 4.79 Å². The van der Waals surface area contributed by atoms with Crippen molar-refractivity contribution >= 4 is 15.7 Å². The zero-order valence-electron chi connectivity index (χ0n) is 21.2. The van der Waals surface area contributed by atoms with Gasteiger partial charge in [0.1, 0.15) is 0 Å². The van der Waals surface area contributed by atoms with Crippen molar-refractivity contribution in [2.45, 2.75) is 65.0 Å². The molecule has 0 N–H and O–H groups in total. The van der Waals surface area contributed by atoms with Gasteiger partial charge in [-0.2, -0.15) is 0 Å². The van der Waals surface area contributed by atoms with Crippen LogP contribution in [0.25, 0.3) is 0 Å². The molecule has 0 fully saturated rings. The molecule has 1 heterocycles. The Balaban J connectivity index is 2.40. The third-order valence-electron chi connectivity index (χ3n) is 5.44. The molecule has 1 aromatic heterocycles. The van der Waals surface area contributed by atoms with Crippen molar-refractivity contribution in [3.8, 4) is 0 Å². The van der Waals surface area contributed by atoms with E-state index in [2.05, 4.69) is 18.8 Å². The third-order valence-corrected chi connectivity index (χ3v) is 7.01. The van der Waals surface area contributed by atoms with Gasteiger partial charge in [0.15, 0.2) is 0 Å². The van der Waals surface area contributed by atoms with Crippen LogP contribution >= 0.6 is 0 Å².